The van der Waals surface area contributed by atoms with E-state index in [-0.39, 0.29) is 5.91 Å². The van der Waals surface area contributed by atoms with Crippen molar-refractivity contribution < 1.29 is 4.79 Å². The first-order valence-corrected chi connectivity index (χ1v) is 7.40. The summed E-state index contributed by atoms with van der Waals surface area (Å²) in [5.74, 6) is 0.0466. The Bertz CT molecular complexity index is 446. The lowest BCUT2D eigenvalue weighted by atomic mass is 9.67. The van der Waals surface area contributed by atoms with Crippen LogP contribution in [0.25, 0.3) is 0 Å². The van der Waals surface area contributed by atoms with Gasteiger partial charge in [0.15, 0.2) is 0 Å². The summed E-state index contributed by atoms with van der Waals surface area (Å²) in [5, 5.41) is 3.09. The Labute approximate surface area is 117 Å². The minimum atomic E-state index is 0.0466. The number of aryl methyl sites for hydroxylation is 1. The van der Waals surface area contributed by atoms with E-state index in [9.17, 15) is 4.79 Å². The molecule has 1 aliphatic rings. The van der Waals surface area contributed by atoms with Crippen LogP contribution in [-0.4, -0.2) is 12.5 Å². The molecule has 1 amide bonds. The van der Waals surface area contributed by atoms with Gasteiger partial charge in [-0.25, -0.2) is 0 Å². The molecule has 3 heteroatoms. The van der Waals surface area contributed by atoms with Crippen molar-refractivity contribution in [2.24, 2.45) is 5.41 Å². The third-order valence-electron chi connectivity index (χ3n) is 4.21. The van der Waals surface area contributed by atoms with E-state index in [1.807, 2.05) is 25.1 Å². The molecule has 98 valence electrons. The molecule has 1 aliphatic carbocycles. The largest absolute Gasteiger partial charge is 0.351 e. The predicted octanol–water partition coefficient (Wildman–Crippen LogP) is 4.07. The second kappa shape index (κ2) is 5.43. The molecule has 1 N–H and O–H groups in total. The van der Waals surface area contributed by atoms with Crippen molar-refractivity contribution in [3.63, 3.8) is 0 Å². The van der Waals surface area contributed by atoms with Crippen molar-refractivity contribution in [2.75, 3.05) is 6.54 Å². The zero-order chi connectivity index (χ0) is 13.2. The number of carbonyl (C=O) groups is 1. The Morgan fingerprint density at radius 2 is 2.17 bits per heavy atom. The van der Waals surface area contributed by atoms with Crippen LogP contribution in [0.1, 0.15) is 48.5 Å². The van der Waals surface area contributed by atoms with Gasteiger partial charge in [-0.1, -0.05) is 29.3 Å². The zero-order valence-corrected chi connectivity index (χ0v) is 12.6. The van der Waals surface area contributed by atoms with E-state index in [4.69, 9.17) is 0 Å². The Kier molecular flexibility index (Phi) is 4.10. The fourth-order valence-electron chi connectivity index (χ4n) is 2.49. The van der Waals surface area contributed by atoms with Crippen molar-refractivity contribution in [1.82, 2.24) is 5.32 Å². The summed E-state index contributed by atoms with van der Waals surface area (Å²) < 4.78 is 1.04. The van der Waals surface area contributed by atoms with Crippen molar-refractivity contribution in [3.05, 3.63) is 33.8 Å². The van der Waals surface area contributed by atoms with Gasteiger partial charge in [-0.05, 0) is 55.4 Å². The average molecular weight is 310 g/mol. The Morgan fingerprint density at radius 1 is 1.44 bits per heavy atom. The van der Waals surface area contributed by atoms with Crippen molar-refractivity contribution >= 4 is 21.8 Å². The second-order valence-electron chi connectivity index (χ2n) is 5.35. The lowest BCUT2D eigenvalue weighted by Gasteiger charge is -2.41. The number of benzene rings is 1. The van der Waals surface area contributed by atoms with Crippen LogP contribution in [0, 0.1) is 12.3 Å². The summed E-state index contributed by atoms with van der Waals surface area (Å²) in [6, 6.07) is 5.73. The first-order chi connectivity index (χ1) is 8.56. The monoisotopic (exact) mass is 309 g/mol. The van der Waals surface area contributed by atoms with E-state index in [1.54, 1.807) is 0 Å². The highest BCUT2D eigenvalue weighted by atomic mass is 79.9. The van der Waals surface area contributed by atoms with E-state index >= 15 is 0 Å². The SMILES string of the molecule is CCC1(CNC(=O)c2ccc(Br)c(C)c2)CCC1. The predicted molar refractivity (Wildman–Crippen MR) is 77.8 cm³/mol. The Hall–Kier alpha value is -0.830. The number of halogens is 1. The molecule has 0 unspecified atom stereocenters. The number of amides is 1. The van der Waals surface area contributed by atoms with Gasteiger partial charge in [0, 0.05) is 16.6 Å². The van der Waals surface area contributed by atoms with Crippen molar-refractivity contribution in [3.8, 4) is 0 Å². The number of carbonyl (C=O) groups excluding carboxylic acids is 1. The number of hydrogen-bond donors (Lipinski definition) is 1. The molecular weight excluding hydrogens is 290 g/mol. The molecule has 2 nitrogen and oxygen atoms in total. The summed E-state index contributed by atoms with van der Waals surface area (Å²) in [6.07, 6.45) is 4.97. The van der Waals surface area contributed by atoms with Crippen LogP contribution < -0.4 is 5.32 Å². The van der Waals surface area contributed by atoms with Gasteiger partial charge in [0.05, 0.1) is 0 Å². The lowest BCUT2D eigenvalue weighted by Crippen LogP contribution is -2.41. The number of nitrogens with one attached hydrogen (secondary N) is 1. The average Bonchev–Trinajstić information content (AvgIpc) is 2.31. The first-order valence-electron chi connectivity index (χ1n) is 6.61. The molecule has 0 saturated heterocycles. The van der Waals surface area contributed by atoms with Crippen LogP contribution in [0.5, 0.6) is 0 Å². The molecule has 1 saturated carbocycles. The Balaban J connectivity index is 1.97. The van der Waals surface area contributed by atoms with Crippen LogP contribution in [0.2, 0.25) is 0 Å². The van der Waals surface area contributed by atoms with Crippen molar-refractivity contribution in [2.45, 2.75) is 39.5 Å². The van der Waals surface area contributed by atoms with Gasteiger partial charge < -0.3 is 5.32 Å². The van der Waals surface area contributed by atoms with Gasteiger partial charge in [-0.15, -0.1) is 0 Å². The lowest BCUT2D eigenvalue weighted by molar-refractivity contribution is 0.0850. The number of rotatable bonds is 4. The molecule has 2 rings (SSSR count). The highest BCUT2D eigenvalue weighted by Gasteiger charge is 2.35. The van der Waals surface area contributed by atoms with E-state index in [2.05, 4.69) is 28.2 Å². The van der Waals surface area contributed by atoms with Crippen LogP contribution in [0.4, 0.5) is 0 Å². The molecule has 1 aromatic rings. The van der Waals surface area contributed by atoms with Crippen LogP contribution in [0.3, 0.4) is 0 Å². The quantitative estimate of drug-likeness (QED) is 0.892. The number of hydrogen-bond acceptors (Lipinski definition) is 1. The topological polar surface area (TPSA) is 29.1 Å². The minimum absolute atomic E-state index is 0.0466. The molecule has 1 aromatic carbocycles. The molecule has 18 heavy (non-hydrogen) atoms. The maximum absolute atomic E-state index is 12.1. The molecule has 0 spiro atoms. The molecule has 0 aromatic heterocycles. The molecular formula is C15H20BrNO. The third-order valence-corrected chi connectivity index (χ3v) is 5.10. The maximum atomic E-state index is 12.1. The second-order valence-corrected chi connectivity index (χ2v) is 6.21. The minimum Gasteiger partial charge on any atom is -0.351 e. The van der Waals surface area contributed by atoms with Crippen LogP contribution in [0.15, 0.2) is 22.7 Å². The highest BCUT2D eigenvalue weighted by Crippen LogP contribution is 2.43. The molecule has 0 bridgehead atoms. The van der Waals surface area contributed by atoms with E-state index in [1.165, 1.54) is 19.3 Å². The third kappa shape index (κ3) is 2.77. The first kappa shape index (κ1) is 13.6. The van der Waals surface area contributed by atoms with E-state index < -0.39 is 0 Å². The molecule has 0 heterocycles. The summed E-state index contributed by atoms with van der Waals surface area (Å²) in [4.78, 5) is 12.1. The smallest absolute Gasteiger partial charge is 0.251 e. The molecule has 1 fully saturated rings. The maximum Gasteiger partial charge on any atom is 0.251 e. The van der Waals surface area contributed by atoms with Gasteiger partial charge in [-0.2, -0.15) is 0 Å². The van der Waals surface area contributed by atoms with Gasteiger partial charge in [0.1, 0.15) is 0 Å². The summed E-state index contributed by atoms with van der Waals surface area (Å²) >= 11 is 3.45. The van der Waals surface area contributed by atoms with Gasteiger partial charge >= 0.3 is 0 Å². The fourth-order valence-corrected chi connectivity index (χ4v) is 2.73. The summed E-state index contributed by atoms with van der Waals surface area (Å²) in [7, 11) is 0. The summed E-state index contributed by atoms with van der Waals surface area (Å²) in [6.45, 7) is 5.03. The van der Waals surface area contributed by atoms with E-state index in [0.29, 0.717) is 5.41 Å². The van der Waals surface area contributed by atoms with E-state index in [0.717, 1.165) is 28.6 Å². The van der Waals surface area contributed by atoms with Gasteiger partial charge in [0.2, 0.25) is 0 Å². The van der Waals surface area contributed by atoms with Crippen LogP contribution in [-0.2, 0) is 0 Å². The normalized spacial score (nSPS) is 17.1. The van der Waals surface area contributed by atoms with Gasteiger partial charge in [0.25, 0.3) is 5.91 Å². The standard InChI is InChI=1S/C15H20BrNO/c1-3-15(7-4-8-15)10-17-14(18)12-5-6-13(16)11(2)9-12/h5-6,9H,3-4,7-8,10H2,1-2H3,(H,17,18). The fraction of sp³-hybridized carbons (Fsp3) is 0.533. The Morgan fingerprint density at radius 3 is 2.67 bits per heavy atom. The van der Waals surface area contributed by atoms with Crippen molar-refractivity contribution in [1.29, 1.82) is 0 Å². The summed E-state index contributed by atoms with van der Waals surface area (Å²) in [5.41, 5.74) is 2.22. The highest BCUT2D eigenvalue weighted by molar-refractivity contribution is 9.10. The molecule has 0 aliphatic heterocycles. The van der Waals surface area contributed by atoms with Crippen LogP contribution >= 0.6 is 15.9 Å². The molecule has 0 radical (unpaired) electrons. The molecule has 0 atom stereocenters. The zero-order valence-electron chi connectivity index (χ0n) is 11.1. The van der Waals surface area contributed by atoms with Gasteiger partial charge in [-0.3, -0.25) is 4.79 Å².